The second kappa shape index (κ2) is 6.14. The van der Waals surface area contributed by atoms with Crippen molar-refractivity contribution in [1.29, 1.82) is 0 Å². The summed E-state index contributed by atoms with van der Waals surface area (Å²) in [5.74, 6) is 0.667. The van der Waals surface area contributed by atoms with E-state index in [0.29, 0.717) is 18.0 Å². The minimum Gasteiger partial charge on any atom is -0.329 e. The first kappa shape index (κ1) is 15.3. The van der Waals surface area contributed by atoms with Crippen LogP contribution in [0, 0.1) is 5.92 Å². The number of nitrogens with two attached hydrogens (primary N) is 1. The van der Waals surface area contributed by atoms with Gasteiger partial charge in [0.15, 0.2) is 0 Å². The summed E-state index contributed by atoms with van der Waals surface area (Å²) in [5, 5.41) is 0. The molecule has 2 N–H and O–H groups in total. The summed E-state index contributed by atoms with van der Waals surface area (Å²) in [6.45, 7) is 1.22. The highest BCUT2D eigenvalue weighted by Crippen LogP contribution is 2.33. The SMILES string of the molecule is CN(CC1CCC1)C(CN)c1cccc(C(F)(F)F)c1. The van der Waals surface area contributed by atoms with Crippen LogP contribution in [0.15, 0.2) is 24.3 Å². The number of hydrogen-bond acceptors (Lipinski definition) is 2. The zero-order chi connectivity index (χ0) is 14.8. The second-order valence-corrected chi connectivity index (χ2v) is 5.61. The molecule has 0 bridgehead atoms. The Bertz CT molecular complexity index is 441. The van der Waals surface area contributed by atoms with E-state index in [-0.39, 0.29) is 6.04 Å². The number of alkyl halides is 3. The van der Waals surface area contributed by atoms with Crippen molar-refractivity contribution in [3.63, 3.8) is 0 Å². The average Bonchev–Trinajstić information content (AvgIpc) is 2.34. The van der Waals surface area contributed by atoms with Crippen molar-refractivity contribution < 1.29 is 13.2 Å². The minimum atomic E-state index is -4.30. The second-order valence-electron chi connectivity index (χ2n) is 5.61. The smallest absolute Gasteiger partial charge is 0.329 e. The minimum absolute atomic E-state index is 0.155. The number of hydrogen-bond donors (Lipinski definition) is 1. The molecule has 1 aliphatic carbocycles. The summed E-state index contributed by atoms with van der Waals surface area (Å²) in [4.78, 5) is 2.08. The van der Waals surface area contributed by atoms with Crippen molar-refractivity contribution in [3.05, 3.63) is 35.4 Å². The lowest BCUT2D eigenvalue weighted by molar-refractivity contribution is -0.137. The summed E-state index contributed by atoms with van der Waals surface area (Å²) in [7, 11) is 1.94. The molecule has 0 amide bonds. The van der Waals surface area contributed by atoms with Gasteiger partial charge < -0.3 is 5.73 Å². The molecule has 1 unspecified atom stereocenters. The Morgan fingerprint density at radius 3 is 2.55 bits per heavy atom. The van der Waals surface area contributed by atoms with E-state index in [1.807, 2.05) is 7.05 Å². The fourth-order valence-electron chi connectivity index (χ4n) is 2.70. The number of nitrogens with zero attached hydrogens (tertiary/aromatic N) is 1. The van der Waals surface area contributed by atoms with Gasteiger partial charge >= 0.3 is 6.18 Å². The molecule has 1 atom stereocenters. The highest BCUT2D eigenvalue weighted by molar-refractivity contribution is 5.28. The fraction of sp³-hybridized carbons (Fsp3) is 0.600. The van der Waals surface area contributed by atoms with Gasteiger partial charge in [0, 0.05) is 19.1 Å². The molecule has 1 fully saturated rings. The van der Waals surface area contributed by atoms with Crippen molar-refractivity contribution in [2.75, 3.05) is 20.1 Å². The Morgan fingerprint density at radius 2 is 2.05 bits per heavy atom. The Kier molecular flexibility index (Phi) is 4.70. The van der Waals surface area contributed by atoms with Crippen LogP contribution in [0.1, 0.15) is 36.4 Å². The van der Waals surface area contributed by atoms with Gasteiger partial charge in [-0.3, -0.25) is 4.90 Å². The van der Waals surface area contributed by atoms with Crippen molar-refractivity contribution in [2.24, 2.45) is 11.7 Å². The van der Waals surface area contributed by atoms with E-state index in [1.165, 1.54) is 31.4 Å². The van der Waals surface area contributed by atoms with Crippen LogP contribution in [0.25, 0.3) is 0 Å². The number of halogens is 3. The number of rotatable bonds is 5. The van der Waals surface area contributed by atoms with Gasteiger partial charge in [-0.15, -0.1) is 0 Å². The maximum atomic E-state index is 12.8. The molecule has 2 nitrogen and oxygen atoms in total. The van der Waals surface area contributed by atoms with E-state index in [9.17, 15) is 13.2 Å². The van der Waals surface area contributed by atoms with E-state index >= 15 is 0 Å². The van der Waals surface area contributed by atoms with E-state index in [4.69, 9.17) is 5.73 Å². The monoisotopic (exact) mass is 286 g/mol. The van der Waals surface area contributed by atoms with Crippen molar-refractivity contribution >= 4 is 0 Å². The lowest BCUT2D eigenvalue weighted by atomic mass is 9.84. The summed E-state index contributed by atoms with van der Waals surface area (Å²) in [5.41, 5.74) is 5.81. The Morgan fingerprint density at radius 1 is 1.35 bits per heavy atom. The first-order valence-electron chi connectivity index (χ1n) is 6.99. The maximum Gasteiger partial charge on any atom is 0.416 e. The van der Waals surface area contributed by atoms with Gasteiger partial charge in [-0.2, -0.15) is 13.2 Å². The predicted molar refractivity (Wildman–Crippen MR) is 73.2 cm³/mol. The number of likely N-dealkylation sites (N-methyl/N-ethyl adjacent to an activating group) is 1. The summed E-state index contributed by atoms with van der Waals surface area (Å²) < 4.78 is 38.3. The van der Waals surface area contributed by atoms with Crippen molar-refractivity contribution in [1.82, 2.24) is 4.90 Å². The predicted octanol–water partition coefficient (Wildman–Crippen LogP) is 3.44. The first-order valence-corrected chi connectivity index (χ1v) is 6.99. The molecular formula is C15H21F3N2. The van der Waals surface area contributed by atoms with E-state index in [2.05, 4.69) is 4.90 Å². The Hall–Kier alpha value is -1.07. The van der Waals surface area contributed by atoms with Crippen molar-refractivity contribution in [2.45, 2.75) is 31.5 Å². The molecule has 1 aromatic carbocycles. The quantitative estimate of drug-likeness (QED) is 0.898. The van der Waals surface area contributed by atoms with Crippen LogP contribution in [-0.4, -0.2) is 25.0 Å². The third kappa shape index (κ3) is 3.52. The highest BCUT2D eigenvalue weighted by Gasteiger charge is 2.31. The van der Waals surface area contributed by atoms with E-state index < -0.39 is 11.7 Å². The first-order chi connectivity index (χ1) is 9.41. The molecule has 20 heavy (non-hydrogen) atoms. The summed E-state index contributed by atoms with van der Waals surface area (Å²) >= 11 is 0. The zero-order valence-corrected chi connectivity index (χ0v) is 11.7. The van der Waals surface area contributed by atoms with E-state index in [1.54, 1.807) is 6.07 Å². The maximum absolute atomic E-state index is 12.8. The normalized spacial score (nSPS) is 18.1. The topological polar surface area (TPSA) is 29.3 Å². The van der Waals surface area contributed by atoms with Gasteiger partial charge in [0.2, 0.25) is 0 Å². The molecule has 1 aliphatic rings. The average molecular weight is 286 g/mol. The van der Waals surface area contributed by atoms with Crippen LogP contribution in [0.4, 0.5) is 13.2 Å². The standard InChI is InChI=1S/C15H21F3N2/c1-20(10-11-4-2-5-11)14(9-19)12-6-3-7-13(8-12)15(16,17)18/h3,6-8,11,14H,2,4-5,9-10,19H2,1H3. The highest BCUT2D eigenvalue weighted by atomic mass is 19.4. The lowest BCUT2D eigenvalue weighted by Crippen LogP contribution is -2.36. The molecule has 1 saturated carbocycles. The van der Waals surface area contributed by atoms with Gasteiger partial charge in [-0.25, -0.2) is 0 Å². The van der Waals surface area contributed by atoms with Crippen LogP contribution >= 0.6 is 0 Å². The molecule has 0 heterocycles. The van der Waals surface area contributed by atoms with Crippen LogP contribution in [0.5, 0.6) is 0 Å². The third-order valence-corrected chi connectivity index (χ3v) is 4.12. The van der Waals surface area contributed by atoms with Crippen LogP contribution in [0.2, 0.25) is 0 Å². The van der Waals surface area contributed by atoms with Gasteiger partial charge in [0.05, 0.1) is 5.56 Å². The molecule has 0 aliphatic heterocycles. The molecule has 2 rings (SSSR count). The molecule has 1 aromatic rings. The third-order valence-electron chi connectivity index (χ3n) is 4.12. The lowest BCUT2D eigenvalue weighted by Gasteiger charge is -2.34. The van der Waals surface area contributed by atoms with Crippen molar-refractivity contribution in [3.8, 4) is 0 Å². The number of benzene rings is 1. The molecule has 0 radical (unpaired) electrons. The molecule has 5 heteroatoms. The molecule has 0 saturated heterocycles. The van der Waals surface area contributed by atoms with Gasteiger partial charge in [-0.05, 0) is 43.5 Å². The van der Waals surface area contributed by atoms with Crippen LogP contribution in [0.3, 0.4) is 0 Å². The zero-order valence-electron chi connectivity index (χ0n) is 11.7. The molecule has 0 aromatic heterocycles. The Balaban J connectivity index is 2.13. The molecule has 0 spiro atoms. The largest absolute Gasteiger partial charge is 0.416 e. The van der Waals surface area contributed by atoms with Crippen LogP contribution < -0.4 is 5.73 Å². The van der Waals surface area contributed by atoms with E-state index in [0.717, 1.165) is 12.6 Å². The van der Waals surface area contributed by atoms with Gasteiger partial charge in [-0.1, -0.05) is 18.6 Å². The van der Waals surface area contributed by atoms with Gasteiger partial charge in [0.25, 0.3) is 0 Å². The Labute approximate surface area is 117 Å². The summed E-state index contributed by atoms with van der Waals surface area (Å²) in [6.07, 6.45) is -0.620. The van der Waals surface area contributed by atoms with Crippen LogP contribution in [-0.2, 0) is 6.18 Å². The van der Waals surface area contributed by atoms with Gasteiger partial charge in [0.1, 0.15) is 0 Å². The molecule has 112 valence electrons. The fourth-order valence-corrected chi connectivity index (χ4v) is 2.70. The molecular weight excluding hydrogens is 265 g/mol. The summed E-state index contributed by atoms with van der Waals surface area (Å²) in [6, 6.07) is 5.35.